The van der Waals surface area contributed by atoms with Gasteiger partial charge in [-0.15, -0.1) is 0 Å². The largest absolute Gasteiger partial charge is 0.351 e. The minimum Gasteiger partial charge on any atom is -0.351 e. The molecule has 27 heavy (non-hydrogen) atoms. The molecule has 2 amide bonds. The third-order valence-electron chi connectivity index (χ3n) is 4.32. The van der Waals surface area contributed by atoms with Crippen LogP contribution in [0.25, 0.3) is 0 Å². The summed E-state index contributed by atoms with van der Waals surface area (Å²) in [4.78, 5) is 25.1. The third-order valence-corrected chi connectivity index (χ3v) is 4.32. The quantitative estimate of drug-likeness (QED) is 0.653. The number of quaternary nitrogens is 1. The molecule has 0 aliphatic heterocycles. The lowest BCUT2D eigenvalue weighted by Crippen LogP contribution is -3.11. The van der Waals surface area contributed by atoms with Crippen LogP contribution in [0.5, 0.6) is 0 Å². The van der Waals surface area contributed by atoms with E-state index in [0.29, 0.717) is 13.0 Å². The molecule has 5 nitrogen and oxygen atoms in total. The maximum atomic E-state index is 12.9. The van der Waals surface area contributed by atoms with Crippen molar-refractivity contribution in [3.63, 3.8) is 0 Å². The first-order chi connectivity index (χ1) is 12.8. The lowest BCUT2D eigenvalue weighted by atomic mass is 10.1. The zero-order chi connectivity index (χ0) is 19.8. The fraction of sp³-hybridized carbons (Fsp3) is 0.333. The summed E-state index contributed by atoms with van der Waals surface area (Å²) in [6.45, 7) is 4.80. The first-order valence-electron chi connectivity index (χ1n) is 9.03. The van der Waals surface area contributed by atoms with Gasteiger partial charge in [-0.3, -0.25) is 9.59 Å². The fourth-order valence-corrected chi connectivity index (χ4v) is 2.87. The van der Waals surface area contributed by atoms with Crippen molar-refractivity contribution in [1.82, 2.24) is 5.32 Å². The number of para-hydroxylation sites is 1. The topological polar surface area (TPSA) is 62.6 Å². The number of carbonyl (C=O) groups excluding carboxylic acids is 2. The lowest BCUT2D eigenvalue weighted by molar-refractivity contribution is -0.862. The van der Waals surface area contributed by atoms with Crippen LogP contribution >= 0.6 is 0 Å². The molecule has 0 fully saturated rings. The van der Waals surface area contributed by atoms with Gasteiger partial charge in [0, 0.05) is 12.2 Å². The van der Waals surface area contributed by atoms with Crippen LogP contribution in [0.4, 0.5) is 10.1 Å². The van der Waals surface area contributed by atoms with E-state index in [-0.39, 0.29) is 30.7 Å². The number of likely N-dealkylation sites (N-methyl/N-ethyl adjacent to an activating group) is 1. The molecule has 0 heterocycles. The van der Waals surface area contributed by atoms with E-state index in [2.05, 4.69) is 10.6 Å². The highest BCUT2D eigenvalue weighted by Crippen LogP contribution is 2.18. The maximum Gasteiger partial charge on any atom is 0.279 e. The highest BCUT2D eigenvalue weighted by Gasteiger charge is 2.15. The van der Waals surface area contributed by atoms with Gasteiger partial charge in [0.15, 0.2) is 13.1 Å². The number of hydrogen-bond acceptors (Lipinski definition) is 2. The van der Waals surface area contributed by atoms with Gasteiger partial charge in [0.05, 0.1) is 7.05 Å². The molecule has 6 heteroatoms. The number of hydrogen-bond donors (Lipinski definition) is 3. The van der Waals surface area contributed by atoms with Crippen molar-refractivity contribution < 1.29 is 18.9 Å². The van der Waals surface area contributed by atoms with Gasteiger partial charge in [0.2, 0.25) is 0 Å². The predicted octanol–water partition coefficient (Wildman–Crippen LogP) is 1.25. The van der Waals surface area contributed by atoms with Gasteiger partial charge in [0.1, 0.15) is 5.82 Å². The Morgan fingerprint density at radius 3 is 2.19 bits per heavy atom. The van der Waals surface area contributed by atoms with Crippen LogP contribution in [0.15, 0.2) is 42.5 Å². The maximum absolute atomic E-state index is 12.9. The molecule has 0 saturated heterocycles. The Labute approximate surface area is 159 Å². The second-order valence-electron chi connectivity index (χ2n) is 6.85. The number of anilines is 1. The normalized spacial score (nSPS) is 11.7. The van der Waals surface area contributed by atoms with Crippen molar-refractivity contribution in [2.75, 3.05) is 32.0 Å². The van der Waals surface area contributed by atoms with E-state index < -0.39 is 0 Å². The van der Waals surface area contributed by atoms with Crippen LogP contribution in [-0.2, 0) is 16.0 Å². The van der Waals surface area contributed by atoms with E-state index in [4.69, 9.17) is 0 Å². The summed E-state index contributed by atoms with van der Waals surface area (Å²) in [5.74, 6) is -0.509. The van der Waals surface area contributed by atoms with E-state index in [1.165, 1.54) is 12.1 Å². The van der Waals surface area contributed by atoms with Gasteiger partial charge in [-0.25, -0.2) is 4.39 Å². The molecule has 0 radical (unpaired) electrons. The number of carbonyl (C=O) groups is 2. The minimum absolute atomic E-state index is 0.116. The molecule has 2 aromatic carbocycles. The monoisotopic (exact) mass is 372 g/mol. The van der Waals surface area contributed by atoms with Crippen molar-refractivity contribution in [3.05, 3.63) is 65.0 Å². The molecular formula is C21H27FN3O2+. The standard InChI is InChI=1S/C21H26FN3O2/c1-15-5-4-6-16(2)21(15)24-20(27)14-25(3)13-19(26)23-12-11-17-7-9-18(22)10-8-17/h4-10H,11-14H2,1-3H3,(H,23,26)(H,24,27)/p+1. The van der Waals surface area contributed by atoms with E-state index in [1.807, 2.05) is 39.1 Å². The number of nitrogens with one attached hydrogen (secondary N) is 3. The van der Waals surface area contributed by atoms with Crippen molar-refractivity contribution in [3.8, 4) is 0 Å². The highest BCUT2D eigenvalue weighted by molar-refractivity contribution is 5.93. The molecule has 3 N–H and O–H groups in total. The Kier molecular flexibility index (Phi) is 7.49. The summed E-state index contributed by atoms with van der Waals surface area (Å²) in [5.41, 5.74) is 3.82. The lowest BCUT2D eigenvalue weighted by Gasteiger charge is -2.15. The number of rotatable bonds is 8. The summed E-state index contributed by atoms with van der Waals surface area (Å²) in [6, 6.07) is 12.1. The van der Waals surface area contributed by atoms with Crippen LogP contribution in [0, 0.1) is 19.7 Å². The second-order valence-corrected chi connectivity index (χ2v) is 6.85. The van der Waals surface area contributed by atoms with Gasteiger partial charge < -0.3 is 15.5 Å². The SMILES string of the molecule is Cc1cccc(C)c1NC(=O)C[NH+](C)CC(=O)NCCc1ccc(F)cc1. The van der Waals surface area contributed by atoms with Crippen LogP contribution in [0.3, 0.4) is 0 Å². The van der Waals surface area contributed by atoms with Crippen molar-refractivity contribution in [2.45, 2.75) is 20.3 Å². The molecule has 2 aromatic rings. The summed E-state index contributed by atoms with van der Waals surface area (Å²) >= 11 is 0. The van der Waals surface area contributed by atoms with Crippen LogP contribution in [0.2, 0.25) is 0 Å². The minimum atomic E-state index is -0.271. The summed E-state index contributed by atoms with van der Waals surface area (Å²) in [6.07, 6.45) is 0.637. The molecule has 144 valence electrons. The second kappa shape index (κ2) is 9.83. The van der Waals surface area contributed by atoms with Gasteiger partial charge in [-0.05, 0) is 49.1 Å². The highest BCUT2D eigenvalue weighted by atomic mass is 19.1. The average molecular weight is 372 g/mol. The number of aryl methyl sites for hydroxylation is 2. The summed E-state index contributed by atoms with van der Waals surface area (Å²) in [7, 11) is 1.81. The van der Waals surface area contributed by atoms with Crippen molar-refractivity contribution in [2.24, 2.45) is 0 Å². The first kappa shape index (κ1) is 20.6. The van der Waals surface area contributed by atoms with Gasteiger partial charge in [-0.1, -0.05) is 30.3 Å². The zero-order valence-corrected chi connectivity index (χ0v) is 16.1. The molecule has 0 aromatic heterocycles. The number of halogens is 1. The molecule has 1 unspecified atom stereocenters. The van der Waals surface area contributed by atoms with Gasteiger partial charge in [0.25, 0.3) is 11.8 Å². The van der Waals surface area contributed by atoms with E-state index >= 15 is 0 Å². The molecule has 0 saturated carbocycles. The fourth-order valence-electron chi connectivity index (χ4n) is 2.87. The summed E-state index contributed by atoms with van der Waals surface area (Å²) < 4.78 is 12.9. The Hall–Kier alpha value is -2.73. The molecule has 0 aliphatic carbocycles. The van der Waals surface area contributed by atoms with Crippen molar-refractivity contribution in [1.29, 1.82) is 0 Å². The Morgan fingerprint density at radius 1 is 0.963 bits per heavy atom. The Morgan fingerprint density at radius 2 is 1.56 bits per heavy atom. The Bertz CT molecular complexity index is 770. The van der Waals surface area contributed by atoms with Crippen LogP contribution in [0.1, 0.15) is 16.7 Å². The smallest absolute Gasteiger partial charge is 0.279 e. The van der Waals surface area contributed by atoms with E-state index in [9.17, 15) is 14.0 Å². The predicted molar refractivity (Wildman–Crippen MR) is 104 cm³/mol. The zero-order valence-electron chi connectivity index (χ0n) is 16.1. The molecule has 0 bridgehead atoms. The average Bonchev–Trinajstić information content (AvgIpc) is 2.60. The molecular weight excluding hydrogens is 345 g/mol. The van der Waals surface area contributed by atoms with E-state index in [0.717, 1.165) is 27.3 Å². The molecule has 1 atom stereocenters. The van der Waals surface area contributed by atoms with Crippen LogP contribution in [-0.4, -0.2) is 38.5 Å². The molecule has 2 rings (SSSR count). The van der Waals surface area contributed by atoms with Gasteiger partial charge >= 0.3 is 0 Å². The molecule has 0 spiro atoms. The van der Waals surface area contributed by atoms with Crippen LogP contribution < -0.4 is 15.5 Å². The Balaban J connectivity index is 1.72. The van der Waals surface area contributed by atoms with Gasteiger partial charge in [-0.2, -0.15) is 0 Å². The van der Waals surface area contributed by atoms with Crippen molar-refractivity contribution >= 4 is 17.5 Å². The first-order valence-corrected chi connectivity index (χ1v) is 9.03. The third kappa shape index (κ3) is 6.83. The summed E-state index contributed by atoms with van der Waals surface area (Å²) in [5, 5.41) is 5.76. The number of benzene rings is 2. The van der Waals surface area contributed by atoms with E-state index in [1.54, 1.807) is 12.1 Å². The number of amides is 2. The molecule has 0 aliphatic rings.